The summed E-state index contributed by atoms with van der Waals surface area (Å²) in [4.78, 5) is 27.1. The van der Waals surface area contributed by atoms with Crippen molar-refractivity contribution in [2.75, 3.05) is 20.3 Å². The quantitative estimate of drug-likeness (QED) is 0.560. The van der Waals surface area contributed by atoms with Gasteiger partial charge >= 0.3 is 5.97 Å². The fourth-order valence-electron chi connectivity index (χ4n) is 7.69. The zero-order valence-electron chi connectivity index (χ0n) is 22.0. The number of nitrogens with zero attached hydrogens (tertiary/aromatic N) is 1. The average Bonchev–Trinajstić information content (AvgIpc) is 3.61. The molecule has 1 saturated heterocycles. The molecule has 1 aliphatic heterocycles. The normalized spacial score (nSPS) is 36.0. The maximum atomic E-state index is 15.5. The van der Waals surface area contributed by atoms with Crippen LogP contribution in [-0.2, 0) is 9.53 Å². The van der Waals surface area contributed by atoms with E-state index in [1.807, 2.05) is 0 Å². The molecule has 3 aliphatic carbocycles. The monoisotopic (exact) mass is 501 g/mol. The number of benzene rings is 1. The minimum absolute atomic E-state index is 0.0315. The predicted octanol–water partition coefficient (Wildman–Crippen LogP) is 4.93. The highest BCUT2D eigenvalue weighted by Gasteiger charge is 2.47. The highest BCUT2D eigenvalue weighted by molar-refractivity contribution is 5.98. The summed E-state index contributed by atoms with van der Waals surface area (Å²) in [6.45, 7) is 6.93. The predicted molar refractivity (Wildman–Crippen MR) is 133 cm³/mol. The Kier molecular flexibility index (Phi) is 6.81. The molecule has 1 aromatic carbocycles. The van der Waals surface area contributed by atoms with E-state index in [2.05, 4.69) is 13.8 Å². The number of carbonyl (C=O) groups is 2. The lowest BCUT2D eigenvalue weighted by molar-refractivity contribution is -0.146. The van der Waals surface area contributed by atoms with Crippen molar-refractivity contribution in [1.82, 2.24) is 4.90 Å². The van der Waals surface area contributed by atoms with Gasteiger partial charge in [0, 0.05) is 23.9 Å². The van der Waals surface area contributed by atoms with Crippen LogP contribution in [0.1, 0.15) is 87.6 Å². The van der Waals surface area contributed by atoms with Crippen molar-refractivity contribution in [2.45, 2.75) is 83.8 Å². The molecule has 36 heavy (non-hydrogen) atoms. The lowest BCUT2D eigenvalue weighted by Gasteiger charge is -2.49. The number of methoxy groups -OCH3 is 1. The van der Waals surface area contributed by atoms with Gasteiger partial charge in [0.1, 0.15) is 17.6 Å². The summed E-state index contributed by atoms with van der Waals surface area (Å²) >= 11 is 0. The molecule has 6 nitrogen and oxygen atoms in total. The van der Waals surface area contributed by atoms with Crippen molar-refractivity contribution in [1.29, 1.82) is 0 Å². The zero-order valence-corrected chi connectivity index (χ0v) is 22.0. The Morgan fingerprint density at radius 2 is 1.78 bits per heavy atom. The largest absolute Gasteiger partial charge is 0.493 e. The van der Waals surface area contributed by atoms with Gasteiger partial charge in [-0.2, -0.15) is 0 Å². The molecule has 3 saturated carbocycles. The second-order valence-electron chi connectivity index (χ2n) is 12.4. The first-order valence-electron chi connectivity index (χ1n) is 13.6. The standard InChI is InChI=1S/C29H40FNO5/c1-16-7-19-8-17(2)12-29(11-16,13-19)15-36-25-10-23(30)22(9-21(25)20-5-6-20)27(33)31-14-24(32)18(3)26(31)28(34)35-4/h9-10,16-20,24,26,32H,5-8,11-15H2,1-4H3/t16?,17?,18-,19?,24+,26-,29?/m0/s1. The molecule has 0 aromatic heterocycles. The fourth-order valence-corrected chi connectivity index (χ4v) is 7.69. The number of ether oxygens (including phenoxy) is 2. The number of esters is 1. The number of β-amino-alcohol motifs (C(OH)–C–C–N with tert-alkyl or cyclic N) is 1. The summed E-state index contributed by atoms with van der Waals surface area (Å²) in [6, 6.07) is 2.06. The van der Waals surface area contributed by atoms with Gasteiger partial charge in [0.25, 0.3) is 5.91 Å². The van der Waals surface area contributed by atoms with E-state index in [0.29, 0.717) is 24.2 Å². The number of aliphatic hydroxyl groups is 1. The van der Waals surface area contributed by atoms with Crippen LogP contribution in [0.15, 0.2) is 12.1 Å². The van der Waals surface area contributed by atoms with Crippen LogP contribution in [0.25, 0.3) is 0 Å². The molecule has 4 fully saturated rings. The minimum Gasteiger partial charge on any atom is -0.493 e. The van der Waals surface area contributed by atoms with Crippen LogP contribution in [0.2, 0.25) is 0 Å². The second kappa shape index (κ2) is 9.62. The van der Waals surface area contributed by atoms with Crippen LogP contribution < -0.4 is 4.74 Å². The first-order valence-corrected chi connectivity index (χ1v) is 13.6. The van der Waals surface area contributed by atoms with E-state index in [9.17, 15) is 14.7 Å². The van der Waals surface area contributed by atoms with E-state index < -0.39 is 35.8 Å². The second-order valence-corrected chi connectivity index (χ2v) is 12.4. The molecule has 0 radical (unpaired) electrons. The highest BCUT2D eigenvalue weighted by atomic mass is 19.1. The van der Waals surface area contributed by atoms with Gasteiger partial charge in [-0.3, -0.25) is 4.79 Å². The smallest absolute Gasteiger partial charge is 0.328 e. The summed E-state index contributed by atoms with van der Waals surface area (Å²) in [7, 11) is 1.25. The first kappa shape index (κ1) is 25.5. The van der Waals surface area contributed by atoms with Gasteiger partial charge in [0.15, 0.2) is 0 Å². The van der Waals surface area contributed by atoms with Crippen molar-refractivity contribution in [3.05, 3.63) is 29.1 Å². The number of likely N-dealkylation sites (tertiary alicyclic amines) is 1. The van der Waals surface area contributed by atoms with Crippen molar-refractivity contribution in [3.8, 4) is 5.75 Å². The Bertz CT molecular complexity index is 1000. The van der Waals surface area contributed by atoms with Crippen LogP contribution in [-0.4, -0.2) is 54.3 Å². The van der Waals surface area contributed by atoms with Gasteiger partial charge in [0.05, 0.1) is 25.4 Å². The number of rotatable bonds is 6. The summed E-state index contributed by atoms with van der Waals surface area (Å²) < 4.78 is 26.7. The Hall–Kier alpha value is -2.15. The molecule has 0 spiro atoms. The Morgan fingerprint density at radius 3 is 2.39 bits per heavy atom. The number of hydrogen-bond acceptors (Lipinski definition) is 5. The molecule has 1 amide bonds. The highest BCUT2D eigenvalue weighted by Crippen LogP contribution is 2.53. The lowest BCUT2D eigenvalue weighted by atomic mass is 9.57. The third-order valence-electron chi connectivity index (χ3n) is 9.16. The summed E-state index contributed by atoms with van der Waals surface area (Å²) in [5, 5.41) is 10.3. The molecule has 198 valence electrons. The summed E-state index contributed by atoms with van der Waals surface area (Å²) in [5.41, 5.74) is 0.944. The number of fused-ring (bicyclic) bond motifs is 2. The van der Waals surface area contributed by atoms with E-state index in [1.165, 1.54) is 37.3 Å². The molecule has 1 N–H and O–H groups in total. The third-order valence-corrected chi connectivity index (χ3v) is 9.16. The number of hydrogen-bond donors (Lipinski definition) is 1. The zero-order chi connectivity index (χ0) is 25.8. The minimum atomic E-state index is -0.939. The van der Waals surface area contributed by atoms with Crippen LogP contribution in [0.3, 0.4) is 0 Å². The van der Waals surface area contributed by atoms with Gasteiger partial charge in [0.2, 0.25) is 0 Å². The Morgan fingerprint density at radius 1 is 1.11 bits per heavy atom. The summed E-state index contributed by atoms with van der Waals surface area (Å²) in [5.74, 6) is 0.582. The molecule has 2 unspecified atom stereocenters. The number of aliphatic hydroxyl groups excluding tert-OH is 1. The maximum absolute atomic E-state index is 15.5. The van der Waals surface area contributed by atoms with E-state index in [1.54, 1.807) is 13.0 Å². The molecular weight excluding hydrogens is 461 g/mol. The van der Waals surface area contributed by atoms with Gasteiger partial charge in [-0.05, 0) is 80.2 Å². The first-order chi connectivity index (χ1) is 17.1. The van der Waals surface area contributed by atoms with Crippen LogP contribution >= 0.6 is 0 Å². The molecule has 2 bridgehead atoms. The van der Waals surface area contributed by atoms with Crippen molar-refractivity contribution in [3.63, 3.8) is 0 Å². The number of carbonyl (C=O) groups excluding carboxylic acids is 2. The van der Waals surface area contributed by atoms with E-state index >= 15 is 4.39 Å². The molecular formula is C29H40FNO5. The van der Waals surface area contributed by atoms with Crippen LogP contribution in [0, 0.1) is 34.9 Å². The maximum Gasteiger partial charge on any atom is 0.328 e. The summed E-state index contributed by atoms with van der Waals surface area (Å²) in [6.07, 6.45) is 7.17. The van der Waals surface area contributed by atoms with Crippen molar-refractivity contribution >= 4 is 11.9 Å². The molecule has 5 rings (SSSR count). The Labute approximate surface area is 213 Å². The van der Waals surface area contributed by atoms with Gasteiger partial charge < -0.3 is 19.5 Å². The SMILES string of the molecule is COC(=O)[C@@H]1[C@@H](C)[C@H](O)CN1C(=O)c1cc(C2CC2)c(OCC23CC(C)CC(CC(C)C2)C3)cc1F. The molecule has 1 heterocycles. The van der Waals surface area contributed by atoms with Gasteiger partial charge in [-0.25, -0.2) is 9.18 Å². The van der Waals surface area contributed by atoms with Crippen LogP contribution in [0.4, 0.5) is 4.39 Å². The van der Waals surface area contributed by atoms with Crippen molar-refractivity contribution < 1.29 is 28.6 Å². The van der Waals surface area contributed by atoms with E-state index in [-0.39, 0.29) is 23.4 Å². The average molecular weight is 502 g/mol. The molecule has 4 aliphatic rings. The lowest BCUT2D eigenvalue weighted by Crippen LogP contribution is -2.43. The number of amides is 1. The van der Waals surface area contributed by atoms with Gasteiger partial charge in [-0.1, -0.05) is 20.8 Å². The molecule has 7 heteroatoms. The topological polar surface area (TPSA) is 76.1 Å². The molecule has 5 atom stereocenters. The molecule has 1 aromatic rings. The fraction of sp³-hybridized carbons (Fsp3) is 0.724. The van der Waals surface area contributed by atoms with Crippen molar-refractivity contribution in [2.24, 2.45) is 29.1 Å². The Balaban J connectivity index is 1.40. The third kappa shape index (κ3) is 4.75. The number of halogens is 1. The van der Waals surface area contributed by atoms with E-state index in [0.717, 1.165) is 37.2 Å². The van der Waals surface area contributed by atoms with E-state index in [4.69, 9.17) is 9.47 Å². The van der Waals surface area contributed by atoms with Gasteiger partial charge in [-0.15, -0.1) is 0 Å². The van der Waals surface area contributed by atoms with Crippen LogP contribution in [0.5, 0.6) is 5.75 Å².